The molecule has 1 aromatic rings. The Morgan fingerprint density at radius 2 is 1.58 bits per heavy atom. The maximum Gasteiger partial charge on any atom is 0.340 e. The zero-order valence-electron chi connectivity index (χ0n) is 17.9. The van der Waals surface area contributed by atoms with Gasteiger partial charge in [0.2, 0.25) is 11.8 Å². The van der Waals surface area contributed by atoms with Crippen LogP contribution in [-0.2, 0) is 33.3 Å². The first-order valence-electron chi connectivity index (χ1n) is 9.18. The normalized spacial score (nSPS) is 14.4. The SMILES string of the molecule is CCOCN1C(OC)=C(C(=O)OC)C(c2cccc([N+](=O)[O-])c2)C(C(=O)OC)=C1OC. The highest BCUT2D eigenvalue weighted by atomic mass is 16.6. The largest absolute Gasteiger partial charge is 0.482 e. The molecule has 168 valence electrons. The number of carbonyl (C=O) groups excluding carboxylic acids is 2. The molecular weight excluding hydrogens is 412 g/mol. The van der Waals surface area contributed by atoms with E-state index in [1.165, 1.54) is 51.5 Å². The van der Waals surface area contributed by atoms with Gasteiger partial charge in [-0.15, -0.1) is 0 Å². The number of hydrogen-bond donors (Lipinski definition) is 0. The fourth-order valence-corrected chi connectivity index (χ4v) is 3.30. The number of hydrogen-bond acceptors (Lipinski definition) is 10. The number of nitro benzene ring substituents is 1. The van der Waals surface area contributed by atoms with Crippen LogP contribution in [0.4, 0.5) is 5.69 Å². The van der Waals surface area contributed by atoms with Crippen LogP contribution in [-0.4, -0.2) is 63.5 Å². The Bertz CT molecular complexity index is 881. The molecule has 0 spiro atoms. The van der Waals surface area contributed by atoms with E-state index in [9.17, 15) is 19.7 Å². The van der Waals surface area contributed by atoms with Gasteiger partial charge < -0.3 is 23.7 Å². The molecule has 0 fully saturated rings. The minimum absolute atomic E-state index is 0.0151. The van der Waals surface area contributed by atoms with Crippen LogP contribution in [0.25, 0.3) is 0 Å². The van der Waals surface area contributed by atoms with Crippen LogP contribution in [0, 0.1) is 10.1 Å². The van der Waals surface area contributed by atoms with Gasteiger partial charge in [-0.3, -0.25) is 15.0 Å². The minimum atomic E-state index is -1.12. The molecule has 0 saturated heterocycles. The fourth-order valence-electron chi connectivity index (χ4n) is 3.30. The van der Waals surface area contributed by atoms with Crippen molar-refractivity contribution in [2.45, 2.75) is 12.8 Å². The molecular formula is C20H24N2O9. The van der Waals surface area contributed by atoms with E-state index in [1.807, 2.05) is 0 Å². The van der Waals surface area contributed by atoms with Gasteiger partial charge in [0, 0.05) is 18.7 Å². The van der Waals surface area contributed by atoms with Crippen molar-refractivity contribution in [3.63, 3.8) is 0 Å². The molecule has 11 nitrogen and oxygen atoms in total. The molecule has 0 aromatic heterocycles. The molecule has 0 saturated carbocycles. The third kappa shape index (κ3) is 4.61. The predicted octanol–water partition coefficient (Wildman–Crippen LogP) is 2.05. The Balaban J connectivity index is 2.90. The number of nitro groups is 1. The molecule has 2 rings (SSSR count). The maximum atomic E-state index is 12.8. The summed E-state index contributed by atoms with van der Waals surface area (Å²) in [6.07, 6.45) is 0. The summed E-state index contributed by atoms with van der Waals surface area (Å²) in [5.41, 5.74) is -0.0754. The van der Waals surface area contributed by atoms with Crippen molar-refractivity contribution >= 4 is 17.6 Å². The van der Waals surface area contributed by atoms with E-state index >= 15 is 0 Å². The summed E-state index contributed by atoms with van der Waals surface area (Å²) in [7, 11) is 5.01. The lowest BCUT2D eigenvalue weighted by Gasteiger charge is -2.36. The van der Waals surface area contributed by atoms with Crippen molar-refractivity contribution < 1.29 is 38.2 Å². The van der Waals surface area contributed by atoms with Gasteiger partial charge in [-0.1, -0.05) is 12.1 Å². The summed E-state index contributed by atoms with van der Waals surface area (Å²) in [5.74, 6) is -2.69. The number of carbonyl (C=O) groups is 2. The van der Waals surface area contributed by atoms with Gasteiger partial charge in [-0.2, -0.15) is 0 Å². The summed E-state index contributed by atoms with van der Waals surface area (Å²) in [6, 6.07) is 5.55. The quantitative estimate of drug-likeness (QED) is 0.322. The van der Waals surface area contributed by atoms with E-state index in [0.29, 0.717) is 6.61 Å². The molecule has 31 heavy (non-hydrogen) atoms. The first-order valence-corrected chi connectivity index (χ1v) is 9.18. The Labute approximate surface area is 178 Å². The summed E-state index contributed by atoms with van der Waals surface area (Å²) in [4.78, 5) is 37.8. The minimum Gasteiger partial charge on any atom is -0.482 e. The lowest BCUT2D eigenvalue weighted by atomic mass is 9.82. The molecule has 1 aromatic carbocycles. The second kappa shape index (κ2) is 10.4. The number of esters is 2. The number of ether oxygens (including phenoxy) is 5. The highest BCUT2D eigenvalue weighted by molar-refractivity contribution is 5.99. The topological polar surface area (TPSA) is 127 Å². The van der Waals surface area contributed by atoms with Crippen molar-refractivity contribution in [1.29, 1.82) is 0 Å². The van der Waals surface area contributed by atoms with Gasteiger partial charge in [0.05, 0.1) is 39.3 Å². The van der Waals surface area contributed by atoms with Crippen molar-refractivity contribution in [3.8, 4) is 0 Å². The number of non-ortho nitro benzene ring substituents is 1. The predicted molar refractivity (Wildman–Crippen MR) is 106 cm³/mol. The summed E-state index contributed by atoms with van der Waals surface area (Å²) < 4.78 is 26.3. The van der Waals surface area contributed by atoms with E-state index in [2.05, 4.69) is 0 Å². The maximum absolute atomic E-state index is 12.8. The molecule has 0 atom stereocenters. The summed E-state index contributed by atoms with van der Waals surface area (Å²) in [6.45, 7) is 2.00. The van der Waals surface area contributed by atoms with E-state index in [4.69, 9.17) is 23.7 Å². The summed E-state index contributed by atoms with van der Waals surface area (Å²) >= 11 is 0. The van der Waals surface area contributed by atoms with Crippen LogP contribution >= 0.6 is 0 Å². The molecule has 0 unspecified atom stereocenters. The molecule has 1 aliphatic rings. The lowest BCUT2D eigenvalue weighted by molar-refractivity contribution is -0.384. The van der Waals surface area contributed by atoms with Crippen LogP contribution in [0.2, 0.25) is 0 Å². The molecule has 0 aliphatic carbocycles. The van der Waals surface area contributed by atoms with Gasteiger partial charge in [0.15, 0.2) is 0 Å². The van der Waals surface area contributed by atoms with Crippen LogP contribution in [0.1, 0.15) is 18.4 Å². The third-order valence-electron chi connectivity index (χ3n) is 4.56. The molecule has 0 N–H and O–H groups in total. The first kappa shape index (κ1) is 23.7. The van der Waals surface area contributed by atoms with Crippen LogP contribution in [0.5, 0.6) is 0 Å². The average molecular weight is 436 g/mol. The Kier molecular flexibility index (Phi) is 7.97. The van der Waals surface area contributed by atoms with E-state index in [1.54, 1.807) is 13.0 Å². The fraction of sp³-hybridized carbons (Fsp3) is 0.400. The van der Waals surface area contributed by atoms with Gasteiger partial charge in [0.25, 0.3) is 5.69 Å². The van der Waals surface area contributed by atoms with Gasteiger partial charge in [-0.25, -0.2) is 9.59 Å². The Morgan fingerprint density at radius 3 is 2.00 bits per heavy atom. The first-order chi connectivity index (χ1) is 14.9. The monoisotopic (exact) mass is 436 g/mol. The molecule has 1 aliphatic heterocycles. The van der Waals surface area contributed by atoms with E-state index in [-0.39, 0.29) is 40.9 Å². The second-order valence-electron chi connectivity index (χ2n) is 6.16. The second-order valence-corrected chi connectivity index (χ2v) is 6.16. The molecule has 1 heterocycles. The number of methoxy groups -OCH3 is 4. The summed E-state index contributed by atoms with van der Waals surface area (Å²) in [5, 5.41) is 11.3. The van der Waals surface area contributed by atoms with Crippen molar-refractivity contribution in [2.75, 3.05) is 41.8 Å². The Morgan fingerprint density at radius 1 is 1.03 bits per heavy atom. The van der Waals surface area contributed by atoms with E-state index in [0.717, 1.165) is 0 Å². The standard InChI is InChI=1S/C20H24N2O9/c1-6-31-11-21-17(27-2)15(19(23)29-4)14(16(18(21)28-3)20(24)30-5)12-8-7-9-13(10-12)22(25)26/h7-10,14H,6,11H2,1-5H3. The highest BCUT2D eigenvalue weighted by Gasteiger charge is 2.45. The molecule has 11 heteroatoms. The molecule has 0 bridgehead atoms. The van der Waals surface area contributed by atoms with E-state index < -0.39 is 22.8 Å². The molecule has 0 radical (unpaired) electrons. The van der Waals surface area contributed by atoms with Crippen LogP contribution in [0.15, 0.2) is 47.2 Å². The van der Waals surface area contributed by atoms with Crippen LogP contribution < -0.4 is 0 Å². The number of rotatable bonds is 9. The average Bonchev–Trinajstić information content (AvgIpc) is 2.79. The van der Waals surface area contributed by atoms with Crippen molar-refractivity contribution in [1.82, 2.24) is 4.90 Å². The Hall–Kier alpha value is -3.60. The van der Waals surface area contributed by atoms with Crippen molar-refractivity contribution in [2.24, 2.45) is 0 Å². The van der Waals surface area contributed by atoms with Gasteiger partial charge in [-0.05, 0) is 12.5 Å². The van der Waals surface area contributed by atoms with Crippen LogP contribution in [0.3, 0.4) is 0 Å². The third-order valence-corrected chi connectivity index (χ3v) is 4.56. The zero-order valence-corrected chi connectivity index (χ0v) is 17.9. The highest BCUT2D eigenvalue weighted by Crippen LogP contribution is 2.44. The van der Waals surface area contributed by atoms with Crippen molar-refractivity contribution in [3.05, 3.63) is 62.9 Å². The molecule has 0 amide bonds. The number of benzene rings is 1. The number of nitrogens with zero attached hydrogens (tertiary/aromatic N) is 2. The van der Waals surface area contributed by atoms with Gasteiger partial charge >= 0.3 is 11.9 Å². The zero-order chi connectivity index (χ0) is 23.1. The smallest absolute Gasteiger partial charge is 0.340 e. The van der Waals surface area contributed by atoms with Gasteiger partial charge in [0.1, 0.15) is 17.9 Å². The lowest BCUT2D eigenvalue weighted by Crippen LogP contribution is -2.39.